The van der Waals surface area contributed by atoms with Crippen molar-refractivity contribution in [3.8, 4) is 11.5 Å². The van der Waals surface area contributed by atoms with Crippen molar-refractivity contribution >= 4 is 5.97 Å². The zero-order chi connectivity index (χ0) is 14.7. The zero-order valence-corrected chi connectivity index (χ0v) is 11.7. The van der Waals surface area contributed by atoms with Crippen molar-refractivity contribution in [2.24, 2.45) is 5.92 Å². The molecule has 0 radical (unpaired) electrons. The molecule has 2 rings (SSSR count). The van der Waals surface area contributed by atoms with Crippen molar-refractivity contribution in [2.45, 2.75) is 38.7 Å². The fourth-order valence-corrected chi connectivity index (χ4v) is 2.62. The van der Waals surface area contributed by atoms with Crippen LogP contribution in [0.4, 0.5) is 0 Å². The quantitative estimate of drug-likeness (QED) is 0.842. The largest absolute Gasteiger partial charge is 0.549 e. The molecular formula is C15H19O5-. The highest BCUT2D eigenvalue weighted by Gasteiger charge is 2.29. The minimum absolute atomic E-state index is 0.0803. The third kappa shape index (κ3) is 2.72. The minimum Gasteiger partial charge on any atom is -0.549 e. The average Bonchev–Trinajstić information content (AvgIpc) is 2.87. The predicted molar refractivity (Wildman–Crippen MR) is 70.4 cm³/mol. The molecule has 0 amide bonds. The van der Waals surface area contributed by atoms with E-state index in [2.05, 4.69) is 0 Å². The topological polar surface area (TPSA) is 78.8 Å². The Bertz CT molecular complexity index is 481. The van der Waals surface area contributed by atoms with Crippen LogP contribution in [0.3, 0.4) is 0 Å². The van der Waals surface area contributed by atoms with Crippen molar-refractivity contribution in [2.75, 3.05) is 6.79 Å². The van der Waals surface area contributed by atoms with Crippen molar-refractivity contribution in [3.05, 3.63) is 23.8 Å². The van der Waals surface area contributed by atoms with Crippen molar-refractivity contribution < 1.29 is 24.5 Å². The van der Waals surface area contributed by atoms with Gasteiger partial charge in [-0.2, -0.15) is 0 Å². The van der Waals surface area contributed by atoms with E-state index in [0.29, 0.717) is 29.9 Å². The van der Waals surface area contributed by atoms with Gasteiger partial charge in [-0.25, -0.2) is 0 Å². The monoisotopic (exact) mass is 279 g/mol. The van der Waals surface area contributed by atoms with Gasteiger partial charge < -0.3 is 24.5 Å². The number of aliphatic hydroxyl groups excluding tert-OH is 1. The molecule has 0 saturated carbocycles. The molecule has 5 nitrogen and oxygen atoms in total. The smallest absolute Gasteiger partial charge is 0.231 e. The fraction of sp³-hybridized carbons (Fsp3) is 0.533. The number of hydrogen-bond acceptors (Lipinski definition) is 5. The lowest BCUT2D eigenvalue weighted by atomic mass is 9.83. The molecule has 0 bridgehead atoms. The summed E-state index contributed by atoms with van der Waals surface area (Å²) in [5.74, 6) is -1.32. The van der Waals surface area contributed by atoms with Crippen LogP contribution in [0.15, 0.2) is 18.2 Å². The SMILES string of the molecule is CCC(CC)C(O)C(C(=O)[O-])c1ccc2c(c1)OCO2. The Morgan fingerprint density at radius 1 is 1.30 bits per heavy atom. The molecule has 110 valence electrons. The Labute approximate surface area is 118 Å². The minimum atomic E-state index is -1.27. The maximum absolute atomic E-state index is 11.4. The lowest BCUT2D eigenvalue weighted by Gasteiger charge is -2.30. The molecule has 0 spiro atoms. The van der Waals surface area contributed by atoms with Crippen LogP contribution in [0, 0.1) is 5.92 Å². The molecule has 0 saturated heterocycles. The predicted octanol–water partition coefficient (Wildman–Crippen LogP) is 1.05. The van der Waals surface area contributed by atoms with Crippen LogP contribution in [-0.4, -0.2) is 24.0 Å². The van der Waals surface area contributed by atoms with Gasteiger partial charge in [-0.1, -0.05) is 32.8 Å². The summed E-state index contributed by atoms with van der Waals surface area (Å²) in [5, 5.41) is 21.8. The maximum atomic E-state index is 11.4. The van der Waals surface area contributed by atoms with E-state index in [0.717, 1.165) is 0 Å². The number of hydrogen-bond donors (Lipinski definition) is 1. The van der Waals surface area contributed by atoms with Crippen molar-refractivity contribution in [3.63, 3.8) is 0 Å². The molecule has 5 heteroatoms. The van der Waals surface area contributed by atoms with Crippen molar-refractivity contribution in [1.29, 1.82) is 0 Å². The highest BCUT2D eigenvalue weighted by molar-refractivity contribution is 5.75. The number of carboxylic acids is 1. The standard InChI is InChI=1S/C15H20O5/c1-3-9(4-2)14(16)13(15(17)18)10-5-6-11-12(7-10)20-8-19-11/h5-7,9,13-14,16H,3-4,8H2,1-2H3,(H,17,18)/p-1. The molecule has 1 N–H and O–H groups in total. The van der Waals surface area contributed by atoms with E-state index < -0.39 is 18.0 Å². The van der Waals surface area contributed by atoms with Gasteiger partial charge in [0, 0.05) is 5.92 Å². The molecule has 2 atom stereocenters. The highest BCUT2D eigenvalue weighted by atomic mass is 16.7. The summed E-state index contributed by atoms with van der Waals surface area (Å²) < 4.78 is 10.4. The lowest BCUT2D eigenvalue weighted by molar-refractivity contribution is -0.310. The summed E-state index contributed by atoms with van der Waals surface area (Å²) in [6.07, 6.45) is 0.452. The van der Waals surface area contributed by atoms with Crippen LogP contribution in [0.5, 0.6) is 11.5 Å². The summed E-state index contributed by atoms with van der Waals surface area (Å²) in [4.78, 5) is 11.4. The lowest BCUT2D eigenvalue weighted by Crippen LogP contribution is -2.40. The van der Waals surface area contributed by atoms with Gasteiger partial charge in [0.2, 0.25) is 6.79 Å². The zero-order valence-electron chi connectivity index (χ0n) is 11.7. The van der Waals surface area contributed by atoms with Crippen LogP contribution < -0.4 is 14.6 Å². The number of benzene rings is 1. The molecule has 1 aliphatic heterocycles. The molecule has 1 aromatic rings. The van der Waals surface area contributed by atoms with E-state index in [1.54, 1.807) is 18.2 Å². The molecule has 0 fully saturated rings. The van der Waals surface area contributed by atoms with Crippen LogP contribution in [0.2, 0.25) is 0 Å². The summed E-state index contributed by atoms with van der Waals surface area (Å²) in [6, 6.07) is 4.90. The third-order valence-corrected chi connectivity index (χ3v) is 3.88. The summed E-state index contributed by atoms with van der Waals surface area (Å²) >= 11 is 0. The second-order valence-corrected chi connectivity index (χ2v) is 4.98. The molecule has 1 aliphatic rings. The Balaban J connectivity index is 2.31. The van der Waals surface area contributed by atoms with Crippen LogP contribution in [0.25, 0.3) is 0 Å². The number of aliphatic hydroxyl groups is 1. The third-order valence-electron chi connectivity index (χ3n) is 3.88. The first kappa shape index (κ1) is 14.7. The Morgan fingerprint density at radius 2 is 1.95 bits per heavy atom. The van der Waals surface area contributed by atoms with Gasteiger partial charge in [-0.3, -0.25) is 0 Å². The first-order valence-electron chi connectivity index (χ1n) is 6.86. The van der Waals surface area contributed by atoms with E-state index >= 15 is 0 Å². The average molecular weight is 279 g/mol. The maximum Gasteiger partial charge on any atom is 0.231 e. The van der Waals surface area contributed by atoms with E-state index in [4.69, 9.17) is 9.47 Å². The number of carbonyl (C=O) groups is 1. The molecule has 0 aliphatic carbocycles. The Hall–Kier alpha value is -1.75. The molecule has 20 heavy (non-hydrogen) atoms. The van der Waals surface area contributed by atoms with Gasteiger partial charge in [-0.15, -0.1) is 0 Å². The van der Waals surface area contributed by atoms with Crippen LogP contribution in [0.1, 0.15) is 38.2 Å². The van der Waals surface area contributed by atoms with Crippen LogP contribution in [-0.2, 0) is 4.79 Å². The summed E-state index contributed by atoms with van der Waals surface area (Å²) in [7, 11) is 0. The first-order valence-corrected chi connectivity index (χ1v) is 6.86. The normalized spacial score (nSPS) is 16.2. The fourth-order valence-electron chi connectivity index (χ4n) is 2.62. The number of ether oxygens (including phenoxy) is 2. The second kappa shape index (κ2) is 6.13. The van der Waals surface area contributed by atoms with Gasteiger partial charge in [0.25, 0.3) is 0 Å². The van der Waals surface area contributed by atoms with E-state index in [9.17, 15) is 15.0 Å². The summed E-state index contributed by atoms with van der Waals surface area (Å²) in [6.45, 7) is 4.00. The van der Waals surface area contributed by atoms with E-state index in [1.165, 1.54) is 0 Å². The van der Waals surface area contributed by atoms with Gasteiger partial charge in [-0.05, 0) is 23.6 Å². The number of carbonyl (C=O) groups excluding carboxylic acids is 1. The first-order chi connectivity index (χ1) is 9.58. The van der Waals surface area contributed by atoms with Gasteiger partial charge in [0.05, 0.1) is 12.1 Å². The number of fused-ring (bicyclic) bond motifs is 1. The second-order valence-electron chi connectivity index (χ2n) is 4.98. The van der Waals surface area contributed by atoms with E-state index in [-0.39, 0.29) is 12.7 Å². The molecule has 1 heterocycles. The van der Waals surface area contributed by atoms with Crippen molar-refractivity contribution in [1.82, 2.24) is 0 Å². The van der Waals surface area contributed by atoms with Gasteiger partial charge in [0.15, 0.2) is 11.5 Å². The number of rotatable bonds is 6. The Morgan fingerprint density at radius 3 is 2.55 bits per heavy atom. The van der Waals surface area contributed by atoms with Gasteiger partial charge in [0.1, 0.15) is 0 Å². The highest BCUT2D eigenvalue weighted by Crippen LogP contribution is 2.36. The number of carboxylic acid groups (broad SMARTS) is 1. The molecule has 1 aromatic carbocycles. The number of aliphatic carboxylic acids is 1. The molecule has 0 aromatic heterocycles. The summed E-state index contributed by atoms with van der Waals surface area (Å²) in [5.41, 5.74) is 0.480. The van der Waals surface area contributed by atoms with E-state index in [1.807, 2.05) is 13.8 Å². The molecule has 2 unspecified atom stereocenters. The molecular weight excluding hydrogens is 260 g/mol. The van der Waals surface area contributed by atoms with Gasteiger partial charge >= 0.3 is 0 Å². The Kier molecular flexibility index (Phi) is 4.49. The van der Waals surface area contributed by atoms with Crippen LogP contribution >= 0.6 is 0 Å².